The lowest BCUT2D eigenvalue weighted by Crippen LogP contribution is -2.21. The molecule has 0 spiro atoms. The number of ether oxygens (including phenoxy) is 4. The Balaban J connectivity index is 1.86. The minimum atomic E-state index is -0.914. The zero-order valence-corrected chi connectivity index (χ0v) is 18.4. The number of aliphatic hydroxyl groups excluding tert-OH is 1. The van der Waals surface area contributed by atoms with Crippen LogP contribution in [-0.2, 0) is 17.6 Å². The van der Waals surface area contributed by atoms with Crippen LogP contribution in [0.4, 0.5) is 0 Å². The van der Waals surface area contributed by atoms with Crippen LogP contribution in [0.3, 0.4) is 0 Å². The van der Waals surface area contributed by atoms with E-state index in [2.05, 4.69) is 0 Å². The van der Waals surface area contributed by atoms with Crippen molar-refractivity contribution in [1.82, 2.24) is 0 Å². The van der Waals surface area contributed by atoms with Crippen molar-refractivity contribution >= 4 is 5.97 Å². The van der Waals surface area contributed by atoms with E-state index in [1.165, 1.54) is 0 Å². The third-order valence-electron chi connectivity index (χ3n) is 5.99. The fourth-order valence-corrected chi connectivity index (χ4v) is 4.36. The maximum atomic E-state index is 11.4. The summed E-state index contributed by atoms with van der Waals surface area (Å²) in [6.45, 7) is 2.41. The molecule has 3 rings (SSSR count). The molecule has 0 bridgehead atoms. The Kier molecular flexibility index (Phi) is 7.41. The smallest absolute Gasteiger partial charge is 0.335 e. The SMILES string of the molecule is CCc1cc(C[C@H]2CO[C@H](c3cc(OC)c(OC)c(OC)c3)[C@H]2CO)ccc1C(=O)O. The number of rotatable bonds is 9. The molecule has 0 aliphatic carbocycles. The summed E-state index contributed by atoms with van der Waals surface area (Å²) in [4.78, 5) is 11.4. The Morgan fingerprint density at radius 3 is 2.29 bits per heavy atom. The minimum absolute atomic E-state index is 0.0279. The van der Waals surface area contributed by atoms with Crippen molar-refractivity contribution in [3.05, 3.63) is 52.6 Å². The molecule has 3 atom stereocenters. The molecule has 2 aromatic rings. The fraction of sp³-hybridized carbons (Fsp3) is 0.458. The Morgan fingerprint density at radius 1 is 1.10 bits per heavy atom. The highest BCUT2D eigenvalue weighted by molar-refractivity contribution is 5.89. The Hall–Kier alpha value is -2.77. The minimum Gasteiger partial charge on any atom is -0.493 e. The normalized spacial score (nSPS) is 20.5. The number of carbonyl (C=O) groups is 1. The summed E-state index contributed by atoms with van der Waals surface area (Å²) in [5.41, 5.74) is 3.04. The number of carboxylic acids is 1. The van der Waals surface area contributed by atoms with E-state index in [1.54, 1.807) is 27.4 Å². The first-order valence-electron chi connectivity index (χ1n) is 10.3. The van der Waals surface area contributed by atoms with Crippen molar-refractivity contribution in [3.63, 3.8) is 0 Å². The molecule has 7 nitrogen and oxygen atoms in total. The van der Waals surface area contributed by atoms with E-state index in [1.807, 2.05) is 31.2 Å². The van der Waals surface area contributed by atoms with Gasteiger partial charge in [0.2, 0.25) is 5.75 Å². The summed E-state index contributed by atoms with van der Waals surface area (Å²) >= 11 is 0. The van der Waals surface area contributed by atoms with Gasteiger partial charge >= 0.3 is 5.97 Å². The van der Waals surface area contributed by atoms with E-state index >= 15 is 0 Å². The lowest BCUT2D eigenvalue weighted by Gasteiger charge is -2.23. The second-order valence-electron chi connectivity index (χ2n) is 7.67. The number of methoxy groups -OCH3 is 3. The third kappa shape index (κ3) is 4.62. The van der Waals surface area contributed by atoms with Crippen molar-refractivity contribution < 1.29 is 34.0 Å². The molecular formula is C24H30O7. The summed E-state index contributed by atoms with van der Waals surface area (Å²) in [5.74, 6) is 0.647. The Labute approximate surface area is 182 Å². The average molecular weight is 430 g/mol. The largest absolute Gasteiger partial charge is 0.493 e. The van der Waals surface area contributed by atoms with Crippen LogP contribution < -0.4 is 14.2 Å². The monoisotopic (exact) mass is 430 g/mol. The van der Waals surface area contributed by atoms with Crippen molar-refractivity contribution in [2.24, 2.45) is 11.8 Å². The van der Waals surface area contributed by atoms with Gasteiger partial charge in [-0.1, -0.05) is 19.1 Å². The molecular weight excluding hydrogens is 400 g/mol. The molecule has 2 N–H and O–H groups in total. The highest BCUT2D eigenvalue weighted by atomic mass is 16.5. The Bertz CT molecular complexity index is 899. The van der Waals surface area contributed by atoms with Gasteiger partial charge in [-0.25, -0.2) is 4.79 Å². The maximum absolute atomic E-state index is 11.4. The topological polar surface area (TPSA) is 94.5 Å². The van der Waals surface area contributed by atoms with Gasteiger partial charge in [0.15, 0.2) is 11.5 Å². The number of aromatic carboxylic acids is 1. The molecule has 7 heteroatoms. The van der Waals surface area contributed by atoms with Gasteiger partial charge in [0, 0.05) is 12.5 Å². The summed E-state index contributed by atoms with van der Waals surface area (Å²) in [7, 11) is 4.68. The molecule has 168 valence electrons. The van der Waals surface area contributed by atoms with E-state index in [4.69, 9.17) is 18.9 Å². The van der Waals surface area contributed by atoms with Gasteiger partial charge in [-0.3, -0.25) is 0 Å². The molecule has 0 radical (unpaired) electrons. The number of hydrogen-bond acceptors (Lipinski definition) is 6. The van der Waals surface area contributed by atoms with E-state index in [0.29, 0.717) is 42.3 Å². The molecule has 1 aliphatic heterocycles. The number of aryl methyl sites for hydroxylation is 1. The molecule has 1 aliphatic rings. The second kappa shape index (κ2) is 10.0. The molecule has 1 saturated heterocycles. The standard InChI is InChI=1S/C24H30O7/c1-5-15-8-14(6-7-18(15)24(26)27)9-17-13-31-22(19(17)12-25)16-10-20(28-2)23(30-4)21(11-16)29-3/h6-8,10-11,17,19,22,25H,5,9,12-13H2,1-4H3,(H,26,27)/t17-,19-,22+/m0/s1. The van der Waals surface area contributed by atoms with E-state index in [-0.39, 0.29) is 24.5 Å². The molecule has 0 amide bonds. The van der Waals surface area contributed by atoms with Crippen LogP contribution in [0.15, 0.2) is 30.3 Å². The maximum Gasteiger partial charge on any atom is 0.335 e. The average Bonchev–Trinajstić information content (AvgIpc) is 3.19. The Morgan fingerprint density at radius 2 is 1.77 bits per heavy atom. The van der Waals surface area contributed by atoms with Crippen LogP contribution in [0.1, 0.15) is 40.1 Å². The summed E-state index contributed by atoms with van der Waals surface area (Å²) in [5, 5.41) is 19.5. The predicted molar refractivity (Wildman–Crippen MR) is 115 cm³/mol. The van der Waals surface area contributed by atoms with Crippen molar-refractivity contribution in [3.8, 4) is 17.2 Å². The van der Waals surface area contributed by atoms with Crippen molar-refractivity contribution in [1.29, 1.82) is 0 Å². The molecule has 0 saturated carbocycles. The molecule has 0 aromatic heterocycles. The quantitative estimate of drug-likeness (QED) is 0.629. The predicted octanol–water partition coefficient (Wildman–Crippen LogP) is 3.51. The van der Waals surface area contributed by atoms with Crippen molar-refractivity contribution in [2.45, 2.75) is 25.9 Å². The summed E-state index contributed by atoms with van der Waals surface area (Å²) in [6.07, 6.45) is 1.03. The first kappa shape index (κ1) is 22.9. The van der Waals surface area contributed by atoms with E-state index in [9.17, 15) is 15.0 Å². The van der Waals surface area contributed by atoms with Gasteiger partial charge in [-0.15, -0.1) is 0 Å². The lowest BCUT2D eigenvalue weighted by atomic mass is 9.83. The molecule has 1 heterocycles. The third-order valence-corrected chi connectivity index (χ3v) is 5.99. The molecule has 1 fully saturated rings. The van der Waals surface area contributed by atoms with Crippen LogP contribution in [0.2, 0.25) is 0 Å². The molecule has 0 unspecified atom stereocenters. The van der Waals surface area contributed by atoms with Gasteiger partial charge in [-0.2, -0.15) is 0 Å². The number of aliphatic hydroxyl groups is 1. The lowest BCUT2D eigenvalue weighted by molar-refractivity contribution is 0.0695. The van der Waals surface area contributed by atoms with Crippen molar-refractivity contribution in [2.75, 3.05) is 34.5 Å². The zero-order valence-electron chi connectivity index (χ0n) is 18.4. The number of hydrogen-bond donors (Lipinski definition) is 2. The number of carboxylic acid groups (broad SMARTS) is 1. The van der Waals surface area contributed by atoms with Gasteiger partial charge < -0.3 is 29.2 Å². The highest BCUT2D eigenvalue weighted by Crippen LogP contribution is 2.45. The van der Waals surface area contributed by atoms with Crippen LogP contribution in [0.25, 0.3) is 0 Å². The highest BCUT2D eigenvalue weighted by Gasteiger charge is 2.38. The fourth-order valence-electron chi connectivity index (χ4n) is 4.36. The van der Waals surface area contributed by atoms with Crippen LogP contribution in [-0.4, -0.2) is 50.7 Å². The first-order chi connectivity index (χ1) is 15.0. The van der Waals surface area contributed by atoms with E-state index < -0.39 is 5.97 Å². The van der Waals surface area contributed by atoms with Gasteiger partial charge in [0.05, 0.1) is 39.6 Å². The van der Waals surface area contributed by atoms with Gasteiger partial charge in [-0.05, 0) is 53.6 Å². The van der Waals surface area contributed by atoms with E-state index in [0.717, 1.165) is 16.7 Å². The number of benzene rings is 2. The van der Waals surface area contributed by atoms with Gasteiger partial charge in [0.25, 0.3) is 0 Å². The van der Waals surface area contributed by atoms with Crippen LogP contribution in [0, 0.1) is 11.8 Å². The molecule has 2 aromatic carbocycles. The van der Waals surface area contributed by atoms with Crippen LogP contribution >= 0.6 is 0 Å². The summed E-state index contributed by atoms with van der Waals surface area (Å²) < 4.78 is 22.4. The molecule has 31 heavy (non-hydrogen) atoms. The van der Waals surface area contributed by atoms with Crippen LogP contribution in [0.5, 0.6) is 17.2 Å². The van der Waals surface area contributed by atoms with Gasteiger partial charge in [0.1, 0.15) is 0 Å². The first-order valence-corrected chi connectivity index (χ1v) is 10.3. The second-order valence-corrected chi connectivity index (χ2v) is 7.67. The zero-order chi connectivity index (χ0) is 22.5. The summed E-state index contributed by atoms with van der Waals surface area (Å²) in [6, 6.07) is 9.17.